The Morgan fingerprint density at radius 1 is 1.22 bits per heavy atom. The Kier molecular flexibility index (Phi) is 4.25. The second-order valence-electron chi connectivity index (χ2n) is 3.97. The summed E-state index contributed by atoms with van der Waals surface area (Å²) in [5, 5.41) is 3.14. The molecule has 0 spiro atoms. The van der Waals surface area contributed by atoms with Crippen LogP contribution in [0.3, 0.4) is 0 Å². The van der Waals surface area contributed by atoms with Crippen molar-refractivity contribution >= 4 is 5.82 Å². The van der Waals surface area contributed by atoms with Gasteiger partial charge in [0.2, 0.25) is 0 Å². The molecule has 0 aliphatic carbocycles. The van der Waals surface area contributed by atoms with Crippen LogP contribution >= 0.6 is 0 Å². The molecule has 0 fully saturated rings. The molecule has 0 amide bonds. The number of hydrogen-bond donors (Lipinski definition) is 1. The molecular formula is C14H15FN2O. The van der Waals surface area contributed by atoms with Crippen molar-refractivity contribution in [3.63, 3.8) is 0 Å². The number of rotatable bonds is 5. The third-order valence-electron chi connectivity index (χ3n) is 2.50. The first kappa shape index (κ1) is 12.5. The molecule has 0 unspecified atom stereocenters. The monoisotopic (exact) mass is 246 g/mol. The molecule has 1 heterocycles. The van der Waals surface area contributed by atoms with Crippen LogP contribution in [0, 0.1) is 5.82 Å². The summed E-state index contributed by atoms with van der Waals surface area (Å²) in [5.74, 6) is 0.330. The lowest BCUT2D eigenvalue weighted by atomic mass is 10.1. The minimum atomic E-state index is -0.331. The van der Waals surface area contributed by atoms with E-state index in [1.165, 1.54) is 12.3 Å². The third-order valence-corrected chi connectivity index (χ3v) is 2.50. The van der Waals surface area contributed by atoms with E-state index in [4.69, 9.17) is 4.74 Å². The SMILES string of the molecule is COCc1cccc(CNc2ccc(F)cn2)c1. The molecule has 2 rings (SSSR count). The molecule has 0 bridgehead atoms. The van der Waals surface area contributed by atoms with Gasteiger partial charge >= 0.3 is 0 Å². The van der Waals surface area contributed by atoms with E-state index in [2.05, 4.69) is 16.4 Å². The number of pyridine rings is 1. The number of ether oxygens (including phenoxy) is 1. The van der Waals surface area contributed by atoms with Crippen LogP contribution in [-0.4, -0.2) is 12.1 Å². The molecule has 1 aromatic carbocycles. The predicted octanol–water partition coefficient (Wildman–Crippen LogP) is 2.98. The molecule has 0 saturated carbocycles. The largest absolute Gasteiger partial charge is 0.380 e. The van der Waals surface area contributed by atoms with E-state index in [-0.39, 0.29) is 5.82 Å². The summed E-state index contributed by atoms with van der Waals surface area (Å²) < 4.78 is 17.8. The number of hydrogen-bond acceptors (Lipinski definition) is 3. The van der Waals surface area contributed by atoms with Gasteiger partial charge in [0.1, 0.15) is 11.6 Å². The second-order valence-corrected chi connectivity index (χ2v) is 3.97. The normalized spacial score (nSPS) is 10.3. The van der Waals surface area contributed by atoms with Gasteiger partial charge < -0.3 is 10.1 Å². The molecule has 0 saturated heterocycles. The highest BCUT2D eigenvalue weighted by molar-refractivity contribution is 5.35. The van der Waals surface area contributed by atoms with Crippen LogP contribution < -0.4 is 5.32 Å². The zero-order valence-corrected chi connectivity index (χ0v) is 10.2. The Bertz CT molecular complexity index is 499. The molecule has 94 valence electrons. The Morgan fingerprint density at radius 2 is 2.06 bits per heavy atom. The van der Waals surface area contributed by atoms with E-state index in [9.17, 15) is 4.39 Å². The zero-order valence-electron chi connectivity index (χ0n) is 10.2. The molecule has 0 atom stereocenters. The van der Waals surface area contributed by atoms with Gasteiger partial charge in [-0.3, -0.25) is 0 Å². The molecule has 2 aromatic rings. The Hall–Kier alpha value is -1.94. The predicted molar refractivity (Wildman–Crippen MR) is 68.7 cm³/mol. The fourth-order valence-corrected chi connectivity index (χ4v) is 1.67. The number of anilines is 1. The number of aromatic nitrogens is 1. The molecular weight excluding hydrogens is 231 g/mol. The highest BCUT2D eigenvalue weighted by Gasteiger charge is 1.98. The van der Waals surface area contributed by atoms with E-state index >= 15 is 0 Å². The van der Waals surface area contributed by atoms with E-state index in [0.29, 0.717) is 19.0 Å². The highest BCUT2D eigenvalue weighted by Crippen LogP contribution is 2.09. The third kappa shape index (κ3) is 3.53. The lowest BCUT2D eigenvalue weighted by Gasteiger charge is -2.07. The maximum Gasteiger partial charge on any atom is 0.141 e. The van der Waals surface area contributed by atoms with Crippen molar-refractivity contribution in [1.29, 1.82) is 0 Å². The molecule has 3 nitrogen and oxygen atoms in total. The Balaban J connectivity index is 1.97. The average Bonchev–Trinajstić information content (AvgIpc) is 2.39. The maximum absolute atomic E-state index is 12.7. The second kappa shape index (κ2) is 6.12. The Morgan fingerprint density at radius 3 is 2.78 bits per heavy atom. The van der Waals surface area contributed by atoms with Gasteiger partial charge in [0, 0.05) is 13.7 Å². The minimum absolute atomic E-state index is 0.331. The molecule has 0 radical (unpaired) electrons. The van der Waals surface area contributed by atoms with Crippen molar-refractivity contribution in [2.45, 2.75) is 13.2 Å². The van der Waals surface area contributed by atoms with Crippen molar-refractivity contribution in [2.75, 3.05) is 12.4 Å². The van der Waals surface area contributed by atoms with Gasteiger partial charge in [0.05, 0.1) is 12.8 Å². The molecule has 0 aliphatic rings. The van der Waals surface area contributed by atoms with Gasteiger partial charge in [-0.1, -0.05) is 24.3 Å². The number of methoxy groups -OCH3 is 1. The molecule has 18 heavy (non-hydrogen) atoms. The van der Waals surface area contributed by atoms with E-state index in [0.717, 1.165) is 11.1 Å². The molecule has 1 N–H and O–H groups in total. The topological polar surface area (TPSA) is 34.1 Å². The quantitative estimate of drug-likeness (QED) is 0.880. The summed E-state index contributed by atoms with van der Waals surface area (Å²) in [6.07, 6.45) is 1.20. The van der Waals surface area contributed by atoms with E-state index < -0.39 is 0 Å². The van der Waals surface area contributed by atoms with Crippen LogP contribution in [0.25, 0.3) is 0 Å². The van der Waals surface area contributed by atoms with Crippen LogP contribution in [-0.2, 0) is 17.9 Å². The van der Waals surface area contributed by atoms with Crippen molar-refractivity contribution in [2.24, 2.45) is 0 Å². The average molecular weight is 246 g/mol. The first-order chi connectivity index (χ1) is 8.78. The van der Waals surface area contributed by atoms with Gasteiger partial charge in [-0.15, -0.1) is 0 Å². The summed E-state index contributed by atoms with van der Waals surface area (Å²) >= 11 is 0. The minimum Gasteiger partial charge on any atom is -0.380 e. The van der Waals surface area contributed by atoms with Crippen LogP contribution in [0.5, 0.6) is 0 Å². The van der Waals surface area contributed by atoms with Crippen LogP contribution in [0.15, 0.2) is 42.6 Å². The molecule has 4 heteroatoms. The van der Waals surface area contributed by atoms with Crippen molar-refractivity contribution < 1.29 is 9.13 Å². The van der Waals surface area contributed by atoms with Crippen molar-refractivity contribution in [3.8, 4) is 0 Å². The molecule has 0 aliphatic heterocycles. The first-order valence-electron chi connectivity index (χ1n) is 5.70. The van der Waals surface area contributed by atoms with Crippen LogP contribution in [0.4, 0.5) is 10.2 Å². The van der Waals surface area contributed by atoms with Gasteiger partial charge in [0.25, 0.3) is 0 Å². The van der Waals surface area contributed by atoms with E-state index in [1.54, 1.807) is 13.2 Å². The standard InChI is InChI=1S/C14H15FN2O/c1-18-10-12-4-2-3-11(7-12)8-16-14-6-5-13(15)9-17-14/h2-7,9H,8,10H2,1H3,(H,16,17). The van der Waals surface area contributed by atoms with Crippen molar-refractivity contribution in [1.82, 2.24) is 4.98 Å². The van der Waals surface area contributed by atoms with Crippen LogP contribution in [0.1, 0.15) is 11.1 Å². The van der Waals surface area contributed by atoms with Crippen molar-refractivity contribution in [3.05, 3.63) is 59.5 Å². The number of halogens is 1. The van der Waals surface area contributed by atoms with Gasteiger partial charge in [-0.2, -0.15) is 0 Å². The zero-order chi connectivity index (χ0) is 12.8. The summed E-state index contributed by atoms with van der Waals surface area (Å²) in [6.45, 7) is 1.25. The number of nitrogens with one attached hydrogen (secondary N) is 1. The smallest absolute Gasteiger partial charge is 0.141 e. The number of nitrogens with zero attached hydrogens (tertiary/aromatic N) is 1. The van der Waals surface area contributed by atoms with Gasteiger partial charge in [-0.25, -0.2) is 9.37 Å². The summed E-state index contributed by atoms with van der Waals surface area (Å²) in [4.78, 5) is 3.94. The highest BCUT2D eigenvalue weighted by atomic mass is 19.1. The summed E-state index contributed by atoms with van der Waals surface area (Å²) in [7, 11) is 1.67. The lowest BCUT2D eigenvalue weighted by molar-refractivity contribution is 0.185. The van der Waals surface area contributed by atoms with Gasteiger partial charge in [-0.05, 0) is 23.3 Å². The fraction of sp³-hybridized carbons (Fsp3) is 0.214. The van der Waals surface area contributed by atoms with Crippen LogP contribution in [0.2, 0.25) is 0 Å². The lowest BCUT2D eigenvalue weighted by Crippen LogP contribution is -2.02. The van der Waals surface area contributed by atoms with Gasteiger partial charge in [0.15, 0.2) is 0 Å². The summed E-state index contributed by atoms with van der Waals surface area (Å²) in [6, 6.07) is 11.1. The fourth-order valence-electron chi connectivity index (χ4n) is 1.67. The number of benzene rings is 1. The Labute approximate surface area is 106 Å². The maximum atomic E-state index is 12.7. The molecule has 1 aromatic heterocycles. The van der Waals surface area contributed by atoms with E-state index in [1.807, 2.05) is 18.2 Å². The first-order valence-corrected chi connectivity index (χ1v) is 5.70. The summed E-state index contributed by atoms with van der Waals surface area (Å²) in [5.41, 5.74) is 2.26.